The minimum absolute atomic E-state index is 0.0815. The first-order valence-corrected chi connectivity index (χ1v) is 8.03. The van der Waals surface area contributed by atoms with Crippen LogP contribution in [0.5, 0.6) is 5.75 Å². The molecule has 5 heteroatoms. The van der Waals surface area contributed by atoms with Gasteiger partial charge in [-0.1, -0.05) is 29.8 Å². The third-order valence-corrected chi connectivity index (χ3v) is 4.21. The summed E-state index contributed by atoms with van der Waals surface area (Å²) >= 11 is 6.46. The number of hydrogen-bond acceptors (Lipinski definition) is 1. The zero-order valence-corrected chi connectivity index (χ0v) is 14.8. The zero-order valence-electron chi connectivity index (χ0n) is 11.6. The molecule has 2 aromatic rings. The summed E-state index contributed by atoms with van der Waals surface area (Å²) in [7, 11) is 0. The lowest BCUT2D eigenvalue weighted by Gasteiger charge is -2.15. The molecule has 0 spiro atoms. The van der Waals surface area contributed by atoms with Crippen molar-refractivity contribution >= 4 is 31.9 Å². The van der Waals surface area contributed by atoms with Crippen LogP contribution in [0, 0.1) is 11.6 Å². The van der Waals surface area contributed by atoms with Crippen LogP contribution in [0.3, 0.4) is 0 Å². The molecule has 2 aromatic carbocycles. The lowest BCUT2D eigenvalue weighted by atomic mass is 10.0. The van der Waals surface area contributed by atoms with E-state index in [1.165, 1.54) is 12.1 Å². The van der Waals surface area contributed by atoms with Crippen molar-refractivity contribution in [2.24, 2.45) is 0 Å². The summed E-state index contributed by atoms with van der Waals surface area (Å²) in [6, 6.07) is 8.15. The van der Waals surface area contributed by atoms with E-state index in [2.05, 4.69) is 31.9 Å². The van der Waals surface area contributed by atoms with Crippen LogP contribution in [0.4, 0.5) is 8.78 Å². The van der Waals surface area contributed by atoms with E-state index >= 15 is 0 Å². The molecule has 0 aliphatic rings. The second-order valence-electron chi connectivity index (χ2n) is 4.95. The van der Waals surface area contributed by atoms with Gasteiger partial charge in [-0.2, -0.15) is 0 Å². The number of rotatable bonds is 4. The van der Waals surface area contributed by atoms with Crippen molar-refractivity contribution < 1.29 is 13.5 Å². The van der Waals surface area contributed by atoms with Gasteiger partial charge in [0.25, 0.3) is 0 Å². The average molecular weight is 420 g/mol. The third-order valence-electron chi connectivity index (χ3n) is 3.10. The SMILES string of the molecule is CC(C)c1cc(Br)ccc1OCc1c(F)ccc(Br)c1F. The Morgan fingerprint density at radius 2 is 1.81 bits per heavy atom. The van der Waals surface area contributed by atoms with E-state index in [1.54, 1.807) is 6.07 Å². The van der Waals surface area contributed by atoms with Gasteiger partial charge in [0, 0.05) is 4.47 Å². The van der Waals surface area contributed by atoms with Gasteiger partial charge in [-0.05, 0) is 57.7 Å². The Morgan fingerprint density at radius 1 is 1.10 bits per heavy atom. The highest BCUT2D eigenvalue weighted by molar-refractivity contribution is 9.10. The Morgan fingerprint density at radius 3 is 2.48 bits per heavy atom. The smallest absolute Gasteiger partial charge is 0.146 e. The van der Waals surface area contributed by atoms with Crippen molar-refractivity contribution in [3.8, 4) is 5.75 Å². The van der Waals surface area contributed by atoms with Crippen molar-refractivity contribution in [2.75, 3.05) is 0 Å². The van der Waals surface area contributed by atoms with Crippen molar-refractivity contribution in [1.82, 2.24) is 0 Å². The molecule has 0 atom stereocenters. The lowest BCUT2D eigenvalue weighted by Crippen LogP contribution is -2.04. The van der Waals surface area contributed by atoms with E-state index < -0.39 is 11.6 Å². The second-order valence-corrected chi connectivity index (χ2v) is 6.72. The van der Waals surface area contributed by atoms with Gasteiger partial charge in [0.2, 0.25) is 0 Å². The van der Waals surface area contributed by atoms with Gasteiger partial charge in [0.15, 0.2) is 0 Å². The molecule has 0 bridgehead atoms. The monoisotopic (exact) mass is 418 g/mol. The normalized spacial score (nSPS) is 11.0. The fourth-order valence-electron chi connectivity index (χ4n) is 1.95. The molecular formula is C16H14Br2F2O. The van der Waals surface area contributed by atoms with E-state index in [4.69, 9.17) is 4.74 Å². The molecule has 0 amide bonds. The lowest BCUT2D eigenvalue weighted by molar-refractivity contribution is 0.288. The molecule has 0 fully saturated rings. The van der Waals surface area contributed by atoms with Crippen LogP contribution >= 0.6 is 31.9 Å². The van der Waals surface area contributed by atoms with E-state index in [0.717, 1.165) is 10.0 Å². The van der Waals surface area contributed by atoms with E-state index in [1.807, 2.05) is 26.0 Å². The summed E-state index contributed by atoms with van der Waals surface area (Å²) in [5, 5.41) is 0. The van der Waals surface area contributed by atoms with Crippen molar-refractivity contribution in [3.05, 3.63) is 62.0 Å². The summed E-state index contributed by atoms with van der Waals surface area (Å²) in [4.78, 5) is 0. The molecule has 0 heterocycles. The van der Waals surface area contributed by atoms with Crippen LogP contribution in [0.15, 0.2) is 39.3 Å². The predicted octanol–water partition coefficient (Wildman–Crippen LogP) is 6.19. The van der Waals surface area contributed by atoms with Crippen LogP contribution < -0.4 is 4.74 Å². The van der Waals surface area contributed by atoms with Gasteiger partial charge in [-0.3, -0.25) is 0 Å². The Bertz CT molecular complexity index is 657. The molecule has 0 aromatic heterocycles. The van der Waals surface area contributed by atoms with Crippen LogP contribution in [0.2, 0.25) is 0 Å². The fraction of sp³-hybridized carbons (Fsp3) is 0.250. The molecule has 0 saturated carbocycles. The summed E-state index contributed by atoms with van der Waals surface area (Å²) in [6.45, 7) is 3.92. The highest BCUT2D eigenvalue weighted by Crippen LogP contribution is 2.31. The Labute approximate surface area is 139 Å². The standard InChI is InChI=1S/C16H14Br2F2O/c1-9(2)11-7-10(17)3-6-15(11)21-8-12-14(19)5-4-13(18)16(12)20/h3-7,9H,8H2,1-2H3. The van der Waals surface area contributed by atoms with Crippen molar-refractivity contribution in [3.63, 3.8) is 0 Å². The van der Waals surface area contributed by atoms with Crippen molar-refractivity contribution in [1.29, 1.82) is 0 Å². The second kappa shape index (κ2) is 6.88. The van der Waals surface area contributed by atoms with E-state index in [9.17, 15) is 8.78 Å². The molecule has 0 radical (unpaired) electrons. The predicted molar refractivity (Wildman–Crippen MR) is 86.6 cm³/mol. The van der Waals surface area contributed by atoms with Gasteiger partial charge in [-0.15, -0.1) is 0 Å². The van der Waals surface area contributed by atoms with Crippen LogP contribution in [-0.4, -0.2) is 0 Å². The third kappa shape index (κ3) is 3.83. The summed E-state index contributed by atoms with van der Waals surface area (Å²) in [5.41, 5.74) is 0.905. The molecule has 0 unspecified atom stereocenters. The first kappa shape index (κ1) is 16.4. The van der Waals surface area contributed by atoms with E-state index in [0.29, 0.717) is 5.75 Å². The Balaban J connectivity index is 2.27. The summed E-state index contributed by atoms with van der Waals surface area (Å²) in [6.07, 6.45) is 0. The quantitative estimate of drug-likeness (QED) is 0.536. The molecule has 2 rings (SSSR count). The van der Waals surface area contributed by atoms with Crippen molar-refractivity contribution in [2.45, 2.75) is 26.4 Å². The fourth-order valence-corrected chi connectivity index (χ4v) is 2.70. The van der Waals surface area contributed by atoms with Crippen LogP contribution in [0.25, 0.3) is 0 Å². The summed E-state index contributed by atoms with van der Waals surface area (Å²) < 4.78 is 34.4. The molecule has 0 N–H and O–H groups in total. The van der Waals surface area contributed by atoms with Gasteiger partial charge in [0.1, 0.15) is 24.0 Å². The number of ether oxygens (including phenoxy) is 1. The molecule has 0 saturated heterocycles. The highest BCUT2D eigenvalue weighted by atomic mass is 79.9. The van der Waals surface area contributed by atoms with E-state index in [-0.39, 0.29) is 22.6 Å². The Kier molecular flexibility index (Phi) is 5.38. The van der Waals surface area contributed by atoms with Crippen LogP contribution in [-0.2, 0) is 6.61 Å². The molecule has 0 aliphatic heterocycles. The molecule has 0 aliphatic carbocycles. The number of benzene rings is 2. The zero-order chi connectivity index (χ0) is 15.6. The number of halogens is 4. The largest absolute Gasteiger partial charge is 0.488 e. The highest BCUT2D eigenvalue weighted by Gasteiger charge is 2.15. The topological polar surface area (TPSA) is 9.23 Å². The van der Waals surface area contributed by atoms with Gasteiger partial charge in [0.05, 0.1) is 10.0 Å². The molecule has 21 heavy (non-hydrogen) atoms. The van der Waals surface area contributed by atoms with Gasteiger partial charge < -0.3 is 4.74 Å². The van der Waals surface area contributed by atoms with Gasteiger partial charge in [-0.25, -0.2) is 8.78 Å². The van der Waals surface area contributed by atoms with Gasteiger partial charge >= 0.3 is 0 Å². The maximum absolute atomic E-state index is 13.9. The molecule has 112 valence electrons. The van der Waals surface area contributed by atoms with Crippen LogP contribution in [0.1, 0.15) is 30.9 Å². The summed E-state index contributed by atoms with van der Waals surface area (Å²) in [5.74, 6) is -0.362. The first-order valence-electron chi connectivity index (χ1n) is 6.44. The first-order chi connectivity index (χ1) is 9.90. The molecular weight excluding hydrogens is 406 g/mol. The number of hydrogen-bond donors (Lipinski definition) is 0. The minimum atomic E-state index is -0.627. The average Bonchev–Trinajstić information content (AvgIpc) is 2.44. The maximum Gasteiger partial charge on any atom is 0.146 e. The minimum Gasteiger partial charge on any atom is -0.488 e. The maximum atomic E-state index is 13.9. The molecule has 1 nitrogen and oxygen atoms in total. The Hall–Kier alpha value is -0.940.